The van der Waals surface area contributed by atoms with Crippen molar-refractivity contribution in [2.24, 2.45) is 11.8 Å². The molecule has 0 N–H and O–H groups in total. The van der Waals surface area contributed by atoms with Crippen molar-refractivity contribution in [1.82, 2.24) is 4.90 Å². The van der Waals surface area contributed by atoms with Gasteiger partial charge in [0.05, 0.1) is 6.07 Å². The van der Waals surface area contributed by atoms with Crippen molar-refractivity contribution in [3.63, 3.8) is 0 Å². The van der Waals surface area contributed by atoms with E-state index in [-0.39, 0.29) is 5.91 Å². The van der Waals surface area contributed by atoms with Crippen LogP contribution in [0.15, 0.2) is 30.3 Å². The molecule has 1 aromatic rings. The van der Waals surface area contributed by atoms with E-state index in [2.05, 4.69) is 33.8 Å². The van der Waals surface area contributed by atoms with Crippen LogP contribution in [0.4, 0.5) is 0 Å². The Balaban J connectivity index is 2.94. The van der Waals surface area contributed by atoms with Crippen LogP contribution in [0.25, 0.3) is 0 Å². The summed E-state index contributed by atoms with van der Waals surface area (Å²) in [6, 6.07) is 11.5. The molecule has 1 amide bonds. The van der Waals surface area contributed by atoms with Crippen LogP contribution in [0.5, 0.6) is 0 Å². The van der Waals surface area contributed by atoms with Crippen molar-refractivity contribution >= 4 is 5.91 Å². The molecule has 0 radical (unpaired) electrons. The Morgan fingerprint density at radius 2 is 1.60 bits per heavy atom. The van der Waals surface area contributed by atoms with Gasteiger partial charge in [-0.15, -0.1) is 0 Å². The Hall–Kier alpha value is -1.82. The highest BCUT2D eigenvalue weighted by Crippen LogP contribution is 2.19. The van der Waals surface area contributed by atoms with E-state index in [1.54, 1.807) is 0 Å². The summed E-state index contributed by atoms with van der Waals surface area (Å²) in [5.74, 6) is 0.00966. The van der Waals surface area contributed by atoms with Gasteiger partial charge in [-0.05, 0) is 17.4 Å². The first-order chi connectivity index (χ1) is 9.45. The highest BCUT2D eigenvalue weighted by Gasteiger charge is 2.26. The molecule has 0 saturated heterocycles. The number of hydrogen-bond acceptors (Lipinski definition) is 2. The fourth-order valence-corrected chi connectivity index (χ4v) is 2.24. The third kappa shape index (κ3) is 4.70. The van der Waals surface area contributed by atoms with Crippen molar-refractivity contribution in [2.45, 2.75) is 33.6 Å². The summed E-state index contributed by atoms with van der Waals surface area (Å²) in [4.78, 5) is 14.5. The Labute approximate surface area is 122 Å². The molecule has 3 nitrogen and oxygen atoms in total. The second-order valence-corrected chi connectivity index (χ2v) is 6.00. The molecular weight excluding hydrogens is 248 g/mol. The maximum atomic E-state index is 12.6. The van der Waals surface area contributed by atoms with Gasteiger partial charge in [-0.2, -0.15) is 5.26 Å². The predicted molar refractivity (Wildman–Crippen MR) is 81.1 cm³/mol. The van der Waals surface area contributed by atoms with Gasteiger partial charge in [0.25, 0.3) is 0 Å². The number of nitriles is 1. The lowest BCUT2D eigenvalue weighted by molar-refractivity contribution is -0.132. The zero-order chi connectivity index (χ0) is 15.1. The molecule has 0 aromatic heterocycles. The lowest BCUT2D eigenvalue weighted by Crippen LogP contribution is -2.39. The molecule has 0 saturated carbocycles. The number of carbonyl (C=O) groups is 1. The zero-order valence-electron chi connectivity index (χ0n) is 12.8. The summed E-state index contributed by atoms with van der Waals surface area (Å²) < 4.78 is 0. The normalized spacial score (nSPS) is 12.2. The zero-order valence-corrected chi connectivity index (χ0v) is 12.8. The van der Waals surface area contributed by atoms with Crippen LogP contribution in [-0.4, -0.2) is 23.9 Å². The third-order valence-electron chi connectivity index (χ3n) is 2.99. The molecular formula is C17H24N2O. The van der Waals surface area contributed by atoms with Gasteiger partial charge in [0, 0.05) is 13.1 Å². The second-order valence-electron chi connectivity index (χ2n) is 6.00. The van der Waals surface area contributed by atoms with Gasteiger partial charge < -0.3 is 4.90 Å². The maximum Gasteiger partial charge on any atom is 0.244 e. The van der Waals surface area contributed by atoms with Gasteiger partial charge >= 0.3 is 0 Å². The van der Waals surface area contributed by atoms with Gasteiger partial charge in [0.15, 0.2) is 0 Å². The van der Waals surface area contributed by atoms with E-state index in [1.807, 2.05) is 35.2 Å². The Kier molecular flexibility index (Phi) is 6.24. The lowest BCUT2D eigenvalue weighted by atomic mass is 9.98. The standard InChI is InChI=1S/C17H24N2O/c1-13(2)11-19(12-14(3)4)17(20)16(10-18)15-8-6-5-7-9-15/h5-9,13-14,16H,11-12H2,1-4H3. The molecule has 0 heterocycles. The minimum absolute atomic E-state index is 0.0823. The molecule has 0 fully saturated rings. The van der Waals surface area contributed by atoms with Crippen LogP contribution < -0.4 is 0 Å². The van der Waals surface area contributed by atoms with Crippen LogP contribution in [0, 0.1) is 23.2 Å². The summed E-state index contributed by atoms with van der Waals surface area (Å²) >= 11 is 0. The van der Waals surface area contributed by atoms with E-state index in [9.17, 15) is 10.1 Å². The topological polar surface area (TPSA) is 44.1 Å². The van der Waals surface area contributed by atoms with Crippen molar-refractivity contribution < 1.29 is 4.79 Å². The molecule has 1 atom stereocenters. The smallest absolute Gasteiger partial charge is 0.244 e. The maximum absolute atomic E-state index is 12.6. The second kappa shape index (κ2) is 7.69. The van der Waals surface area contributed by atoms with Gasteiger partial charge in [0.1, 0.15) is 5.92 Å². The van der Waals surface area contributed by atoms with Gasteiger partial charge in [0.2, 0.25) is 5.91 Å². The first-order valence-corrected chi connectivity index (χ1v) is 7.19. The molecule has 1 aromatic carbocycles. The van der Waals surface area contributed by atoms with Crippen molar-refractivity contribution in [1.29, 1.82) is 5.26 Å². The quantitative estimate of drug-likeness (QED) is 0.796. The monoisotopic (exact) mass is 272 g/mol. The Bertz CT molecular complexity index is 450. The van der Waals surface area contributed by atoms with Crippen molar-refractivity contribution in [3.05, 3.63) is 35.9 Å². The Morgan fingerprint density at radius 3 is 2.00 bits per heavy atom. The molecule has 0 spiro atoms. The van der Waals surface area contributed by atoms with Crippen molar-refractivity contribution in [2.75, 3.05) is 13.1 Å². The number of nitrogens with zero attached hydrogens (tertiary/aromatic N) is 2. The minimum atomic E-state index is -0.700. The van der Waals surface area contributed by atoms with E-state index in [1.165, 1.54) is 0 Å². The van der Waals surface area contributed by atoms with Crippen molar-refractivity contribution in [3.8, 4) is 6.07 Å². The highest BCUT2D eigenvalue weighted by atomic mass is 16.2. The van der Waals surface area contributed by atoms with E-state index in [4.69, 9.17) is 0 Å². The summed E-state index contributed by atoms with van der Waals surface area (Å²) in [6.07, 6.45) is 0. The molecule has 0 bridgehead atoms. The largest absolute Gasteiger partial charge is 0.341 e. The highest BCUT2D eigenvalue weighted by molar-refractivity contribution is 5.86. The first kappa shape index (κ1) is 16.2. The lowest BCUT2D eigenvalue weighted by Gasteiger charge is -2.28. The van der Waals surface area contributed by atoms with E-state index >= 15 is 0 Å². The molecule has 1 rings (SSSR count). The third-order valence-corrected chi connectivity index (χ3v) is 2.99. The van der Waals surface area contributed by atoms with Crippen LogP contribution in [0.1, 0.15) is 39.2 Å². The molecule has 20 heavy (non-hydrogen) atoms. The number of hydrogen-bond donors (Lipinski definition) is 0. The van der Waals surface area contributed by atoms with Crippen LogP contribution in [-0.2, 0) is 4.79 Å². The van der Waals surface area contributed by atoms with Crippen LogP contribution >= 0.6 is 0 Å². The average Bonchev–Trinajstić information content (AvgIpc) is 2.39. The van der Waals surface area contributed by atoms with E-state index < -0.39 is 5.92 Å². The predicted octanol–water partition coefficient (Wildman–Crippen LogP) is 3.43. The van der Waals surface area contributed by atoms with E-state index in [0.29, 0.717) is 24.9 Å². The first-order valence-electron chi connectivity index (χ1n) is 7.19. The summed E-state index contributed by atoms with van der Waals surface area (Å²) in [6.45, 7) is 9.74. The minimum Gasteiger partial charge on any atom is -0.341 e. The van der Waals surface area contributed by atoms with Gasteiger partial charge in [-0.25, -0.2) is 0 Å². The summed E-state index contributed by atoms with van der Waals surface area (Å²) in [5.41, 5.74) is 0.775. The molecule has 108 valence electrons. The summed E-state index contributed by atoms with van der Waals surface area (Å²) in [7, 11) is 0. The van der Waals surface area contributed by atoms with Crippen LogP contribution in [0.3, 0.4) is 0 Å². The molecule has 0 aliphatic heterocycles. The molecule has 3 heteroatoms. The number of amides is 1. The molecule has 1 unspecified atom stereocenters. The SMILES string of the molecule is CC(C)CN(CC(C)C)C(=O)C(C#N)c1ccccc1. The fraction of sp³-hybridized carbons (Fsp3) is 0.529. The van der Waals surface area contributed by atoms with E-state index in [0.717, 1.165) is 5.56 Å². The Morgan fingerprint density at radius 1 is 1.10 bits per heavy atom. The van der Waals surface area contributed by atoms with Gasteiger partial charge in [-0.1, -0.05) is 58.0 Å². The molecule has 0 aliphatic rings. The molecule has 0 aliphatic carbocycles. The average molecular weight is 272 g/mol. The number of carbonyl (C=O) groups excluding carboxylic acids is 1. The van der Waals surface area contributed by atoms with Gasteiger partial charge in [-0.3, -0.25) is 4.79 Å². The summed E-state index contributed by atoms with van der Waals surface area (Å²) in [5, 5.41) is 9.37. The fourth-order valence-electron chi connectivity index (χ4n) is 2.24. The van der Waals surface area contributed by atoms with Crippen LogP contribution in [0.2, 0.25) is 0 Å². The number of rotatable bonds is 6. The number of benzene rings is 1.